The molecule has 1 aliphatic rings. The number of benzene rings is 4. The number of ether oxygens (including phenoxy) is 1. The van der Waals surface area contributed by atoms with E-state index < -0.39 is 0 Å². The summed E-state index contributed by atoms with van der Waals surface area (Å²) in [7, 11) is 2.13. The van der Waals surface area contributed by atoms with Crippen LogP contribution in [-0.2, 0) is 26.3 Å². The number of hydrogen-bond donors (Lipinski definition) is 0. The molecule has 1 aromatic heterocycles. The minimum absolute atomic E-state index is 0.102. The minimum Gasteiger partial charge on any atom is -0.455 e. The Morgan fingerprint density at radius 2 is 1.45 bits per heavy atom. The number of fused-ring (bicyclic) bond motifs is 5. The fraction of sp³-hybridized carbons (Fsp3) is 0.436. The van der Waals surface area contributed by atoms with Crippen LogP contribution in [0.2, 0.25) is 0 Å². The van der Waals surface area contributed by atoms with Crippen molar-refractivity contribution in [2.75, 3.05) is 0 Å². The zero-order valence-electron chi connectivity index (χ0n) is 27.5. The van der Waals surface area contributed by atoms with E-state index in [-0.39, 0.29) is 16.2 Å². The van der Waals surface area contributed by atoms with Gasteiger partial charge in [0.15, 0.2) is 11.2 Å². The summed E-state index contributed by atoms with van der Waals surface area (Å²) in [5.41, 5.74) is 9.28. The van der Waals surface area contributed by atoms with Crippen molar-refractivity contribution in [1.29, 1.82) is 0 Å². The molecule has 0 fully saturated rings. The first kappa shape index (κ1) is 28.6. The van der Waals surface area contributed by atoms with Gasteiger partial charge < -0.3 is 4.74 Å². The highest BCUT2D eigenvalue weighted by atomic mass is 16.5. The van der Waals surface area contributed by atoms with E-state index >= 15 is 0 Å². The van der Waals surface area contributed by atoms with Crippen molar-refractivity contribution in [2.45, 2.75) is 88.5 Å². The largest absolute Gasteiger partial charge is 0.455 e. The van der Waals surface area contributed by atoms with Gasteiger partial charge in [0.05, 0.1) is 12.6 Å². The van der Waals surface area contributed by atoms with E-state index in [0.717, 1.165) is 41.7 Å². The summed E-state index contributed by atoms with van der Waals surface area (Å²) in [6, 6.07) is 16.0. The fourth-order valence-electron chi connectivity index (χ4n) is 7.00. The van der Waals surface area contributed by atoms with E-state index in [1.165, 1.54) is 55.1 Å². The molecule has 0 N–H and O–H groups in total. The van der Waals surface area contributed by atoms with E-state index in [4.69, 9.17) is 9.72 Å². The van der Waals surface area contributed by atoms with Gasteiger partial charge in [0.2, 0.25) is 0 Å². The standard InChI is InChI=1S/C39H47N2O/c1-23-28-17-24(19-37(2,3)4)15-16-27(28)29(21-39(8,9)10)36-31(23)35-33-30(42-36)18-25-13-12-14-26(20-38(5,6)7)32(25)34(33)40-22-41(35)11/h12-18,22H,19-21H2,1-11H3/q+1. The van der Waals surface area contributed by atoms with Crippen LogP contribution in [0.1, 0.15) is 84.6 Å². The number of hydrogen-bond acceptors (Lipinski definition) is 2. The summed E-state index contributed by atoms with van der Waals surface area (Å²) in [6.45, 7) is 23.1. The Kier molecular flexibility index (Phi) is 6.50. The zero-order chi connectivity index (χ0) is 30.4. The van der Waals surface area contributed by atoms with Crippen LogP contribution in [0.4, 0.5) is 0 Å². The number of aromatic nitrogens is 2. The van der Waals surface area contributed by atoms with Gasteiger partial charge in [-0.05, 0) is 86.3 Å². The lowest BCUT2D eigenvalue weighted by atomic mass is 9.80. The number of aryl methyl sites for hydroxylation is 2. The van der Waals surface area contributed by atoms with Crippen LogP contribution in [-0.4, -0.2) is 4.98 Å². The van der Waals surface area contributed by atoms with Gasteiger partial charge in [0.1, 0.15) is 16.9 Å². The highest BCUT2D eigenvalue weighted by molar-refractivity contribution is 6.15. The van der Waals surface area contributed by atoms with Crippen LogP contribution in [0.25, 0.3) is 43.7 Å². The quantitative estimate of drug-likeness (QED) is 0.159. The third-order valence-corrected chi connectivity index (χ3v) is 8.44. The summed E-state index contributed by atoms with van der Waals surface area (Å²) < 4.78 is 9.29. The third-order valence-electron chi connectivity index (χ3n) is 8.44. The van der Waals surface area contributed by atoms with Crippen LogP contribution in [0, 0.1) is 23.2 Å². The summed E-state index contributed by atoms with van der Waals surface area (Å²) in [5.74, 6) is 1.93. The predicted octanol–water partition coefficient (Wildman–Crippen LogP) is 10.2. The van der Waals surface area contributed by atoms with Gasteiger partial charge in [-0.1, -0.05) is 98.7 Å². The molecule has 4 aromatic carbocycles. The predicted molar refractivity (Wildman–Crippen MR) is 178 cm³/mol. The van der Waals surface area contributed by atoms with Crippen molar-refractivity contribution in [2.24, 2.45) is 23.3 Å². The van der Waals surface area contributed by atoms with Gasteiger partial charge in [-0.15, -0.1) is 0 Å². The average molecular weight is 560 g/mol. The van der Waals surface area contributed by atoms with Crippen molar-refractivity contribution >= 4 is 32.4 Å². The molecule has 6 rings (SSSR count). The SMILES string of the molecule is Cc1c2c(c(CC(C)(C)C)c3ccc(CC(C)(C)C)cc13)Oc1cc3cccc(CC(C)(C)C)c3c3nc[n+](C)c-2c13. The maximum atomic E-state index is 7.08. The maximum Gasteiger partial charge on any atom is 0.287 e. The molecule has 0 saturated carbocycles. The van der Waals surface area contributed by atoms with E-state index in [2.05, 4.69) is 123 Å². The van der Waals surface area contributed by atoms with E-state index in [0.29, 0.717) is 0 Å². The smallest absolute Gasteiger partial charge is 0.287 e. The first-order valence-electron chi connectivity index (χ1n) is 15.5. The van der Waals surface area contributed by atoms with Crippen molar-refractivity contribution < 1.29 is 9.30 Å². The summed E-state index contributed by atoms with van der Waals surface area (Å²) in [4.78, 5) is 5.09. The van der Waals surface area contributed by atoms with Gasteiger partial charge in [-0.3, -0.25) is 0 Å². The van der Waals surface area contributed by atoms with E-state index in [1.807, 2.05) is 6.33 Å². The second kappa shape index (κ2) is 9.53. The Morgan fingerprint density at radius 3 is 2.12 bits per heavy atom. The second-order valence-corrected chi connectivity index (χ2v) is 16.3. The average Bonchev–Trinajstić information content (AvgIpc) is 2.85. The van der Waals surface area contributed by atoms with Gasteiger partial charge in [-0.2, -0.15) is 0 Å². The van der Waals surface area contributed by atoms with Gasteiger partial charge in [0.25, 0.3) is 6.33 Å². The molecule has 0 aliphatic carbocycles. The molecule has 0 unspecified atom stereocenters. The first-order valence-corrected chi connectivity index (χ1v) is 15.5. The van der Waals surface area contributed by atoms with E-state index in [1.54, 1.807) is 0 Å². The number of nitrogens with zero attached hydrogens (tertiary/aromatic N) is 2. The topological polar surface area (TPSA) is 26.0 Å². The highest BCUT2D eigenvalue weighted by Crippen LogP contribution is 2.53. The molecule has 1 aliphatic heterocycles. The third kappa shape index (κ3) is 5.06. The lowest BCUT2D eigenvalue weighted by molar-refractivity contribution is -0.662. The molecule has 42 heavy (non-hydrogen) atoms. The van der Waals surface area contributed by atoms with Crippen LogP contribution in [0.5, 0.6) is 11.5 Å². The molecule has 0 bridgehead atoms. The molecule has 0 amide bonds. The Labute approximate surface area is 251 Å². The molecule has 0 saturated heterocycles. The highest BCUT2D eigenvalue weighted by Gasteiger charge is 2.34. The van der Waals surface area contributed by atoms with Gasteiger partial charge in [0, 0.05) is 10.9 Å². The normalized spacial score (nSPS) is 13.6. The molecular formula is C39H47N2O+. The van der Waals surface area contributed by atoms with E-state index in [9.17, 15) is 0 Å². The molecule has 0 spiro atoms. The minimum atomic E-state index is 0.102. The van der Waals surface area contributed by atoms with Crippen LogP contribution in [0.15, 0.2) is 48.8 Å². The maximum absolute atomic E-state index is 7.08. The van der Waals surface area contributed by atoms with Crippen LogP contribution < -0.4 is 9.30 Å². The molecule has 0 radical (unpaired) electrons. The summed E-state index contributed by atoms with van der Waals surface area (Å²) in [6.07, 6.45) is 4.97. The van der Waals surface area contributed by atoms with Crippen LogP contribution in [0.3, 0.4) is 0 Å². The molecule has 0 atom stereocenters. The monoisotopic (exact) mass is 559 g/mol. The van der Waals surface area contributed by atoms with Gasteiger partial charge in [-0.25, -0.2) is 4.57 Å². The lowest BCUT2D eigenvalue weighted by Crippen LogP contribution is -2.33. The summed E-state index contributed by atoms with van der Waals surface area (Å²) in [5, 5.41) is 6.21. The Balaban J connectivity index is 1.73. The molecule has 3 heteroatoms. The Morgan fingerprint density at radius 1 is 0.762 bits per heavy atom. The Bertz CT molecular complexity index is 1890. The molecule has 5 aromatic rings. The summed E-state index contributed by atoms with van der Waals surface area (Å²) >= 11 is 0. The Hall–Kier alpha value is -3.46. The molecule has 218 valence electrons. The van der Waals surface area contributed by atoms with Crippen LogP contribution >= 0.6 is 0 Å². The van der Waals surface area contributed by atoms with Crippen molar-refractivity contribution in [3.63, 3.8) is 0 Å². The number of rotatable bonds is 3. The van der Waals surface area contributed by atoms with Crippen molar-refractivity contribution in [3.05, 3.63) is 71.0 Å². The lowest BCUT2D eigenvalue weighted by Gasteiger charge is -2.29. The van der Waals surface area contributed by atoms with Gasteiger partial charge >= 0.3 is 0 Å². The molecule has 2 heterocycles. The molecular weight excluding hydrogens is 512 g/mol. The van der Waals surface area contributed by atoms with Crippen molar-refractivity contribution in [3.8, 4) is 22.8 Å². The fourth-order valence-corrected chi connectivity index (χ4v) is 7.00. The van der Waals surface area contributed by atoms with Crippen molar-refractivity contribution in [1.82, 2.24) is 4.98 Å². The zero-order valence-corrected chi connectivity index (χ0v) is 27.5. The molecule has 3 nitrogen and oxygen atoms in total. The first-order chi connectivity index (χ1) is 19.5. The second-order valence-electron chi connectivity index (χ2n) is 16.3.